The number of amides is 1. The first-order valence-corrected chi connectivity index (χ1v) is 11.9. The minimum absolute atomic E-state index is 0.0611. The van der Waals surface area contributed by atoms with E-state index in [1.54, 1.807) is 12.1 Å². The Kier molecular flexibility index (Phi) is 6.62. The standard InChI is InChI=1S/C21H30N4O3S/c1-16-7-6-8-17(2)25(16)21(26)18(3)23-11-13-24(14-12-23)29(27,28)20-10-5-4-9-19(20)15-22/h4-5,9-10,16-18H,6-8,11-14H2,1-3H3/p+1/t16-,17+,18-/m1/s1. The van der Waals surface area contributed by atoms with E-state index in [9.17, 15) is 18.5 Å². The van der Waals surface area contributed by atoms with Crippen LogP contribution < -0.4 is 4.90 Å². The maximum atomic E-state index is 13.1. The average Bonchev–Trinajstić information content (AvgIpc) is 2.73. The fourth-order valence-electron chi connectivity index (χ4n) is 4.62. The van der Waals surface area contributed by atoms with Gasteiger partial charge in [-0.1, -0.05) is 12.1 Å². The van der Waals surface area contributed by atoms with Gasteiger partial charge in [0.2, 0.25) is 10.0 Å². The summed E-state index contributed by atoms with van der Waals surface area (Å²) in [7, 11) is -3.71. The van der Waals surface area contributed by atoms with Crippen molar-refractivity contribution in [3.8, 4) is 6.07 Å². The quantitative estimate of drug-likeness (QED) is 0.776. The Hall–Kier alpha value is -1.95. The summed E-state index contributed by atoms with van der Waals surface area (Å²) < 4.78 is 27.4. The minimum atomic E-state index is -3.71. The molecule has 29 heavy (non-hydrogen) atoms. The van der Waals surface area contributed by atoms with Crippen LogP contribution >= 0.6 is 0 Å². The summed E-state index contributed by atoms with van der Waals surface area (Å²) in [5.74, 6) is 0.172. The predicted octanol–water partition coefficient (Wildman–Crippen LogP) is 0.625. The number of hydrogen-bond donors (Lipinski definition) is 1. The van der Waals surface area contributed by atoms with Crippen molar-refractivity contribution in [2.45, 2.75) is 63.1 Å². The number of benzene rings is 1. The van der Waals surface area contributed by atoms with Crippen LogP contribution in [-0.2, 0) is 14.8 Å². The molecular weight excluding hydrogens is 388 g/mol. The molecule has 2 saturated heterocycles. The zero-order chi connectivity index (χ0) is 21.2. The SMILES string of the molecule is C[C@@H]1CCC[C@H](C)N1C(=O)[C@@H](C)[NH+]1CCN(S(=O)(=O)c2ccccc2C#N)CC1. The van der Waals surface area contributed by atoms with Crippen LogP contribution in [0.15, 0.2) is 29.2 Å². The molecule has 1 N–H and O–H groups in total. The van der Waals surface area contributed by atoms with E-state index in [-0.39, 0.29) is 34.5 Å². The third-order valence-corrected chi connectivity index (χ3v) is 8.38. The Bertz CT molecular complexity index is 877. The molecule has 2 heterocycles. The molecule has 2 fully saturated rings. The smallest absolute Gasteiger partial charge is 0.281 e. The number of nitriles is 1. The van der Waals surface area contributed by atoms with E-state index in [1.807, 2.05) is 17.9 Å². The molecule has 2 aliphatic rings. The zero-order valence-corrected chi connectivity index (χ0v) is 18.3. The van der Waals surface area contributed by atoms with Crippen LogP contribution in [-0.4, -0.2) is 67.8 Å². The molecule has 0 aromatic heterocycles. The zero-order valence-electron chi connectivity index (χ0n) is 17.5. The van der Waals surface area contributed by atoms with Gasteiger partial charge in [0.05, 0.1) is 36.6 Å². The number of piperidine rings is 1. The topological polar surface area (TPSA) is 85.9 Å². The number of carbonyl (C=O) groups is 1. The van der Waals surface area contributed by atoms with Crippen LogP contribution in [0.4, 0.5) is 0 Å². The summed E-state index contributed by atoms with van der Waals surface area (Å²) in [4.78, 5) is 16.4. The molecule has 7 nitrogen and oxygen atoms in total. The van der Waals surface area contributed by atoms with Crippen molar-refractivity contribution >= 4 is 15.9 Å². The Balaban J connectivity index is 1.67. The summed E-state index contributed by atoms with van der Waals surface area (Å²) in [5, 5.41) is 9.24. The van der Waals surface area contributed by atoms with E-state index in [4.69, 9.17) is 0 Å². The van der Waals surface area contributed by atoms with Gasteiger partial charge < -0.3 is 9.80 Å². The molecular formula is C21H31N4O3S+. The summed E-state index contributed by atoms with van der Waals surface area (Å²) >= 11 is 0. The lowest BCUT2D eigenvalue weighted by Gasteiger charge is -2.42. The van der Waals surface area contributed by atoms with Gasteiger partial charge in [0.1, 0.15) is 6.07 Å². The first-order chi connectivity index (χ1) is 13.8. The highest BCUT2D eigenvalue weighted by atomic mass is 32.2. The molecule has 1 aromatic rings. The van der Waals surface area contributed by atoms with Crippen molar-refractivity contribution in [3.63, 3.8) is 0 Å². The van der Waals surface area contributed by atoms with Crippen LogP contribution in [0.5, 0.6) is 0 Å². The molecule has 3 rings (SSSR count). The van der Waals surface area contributed by atoms with Crippen LogP contribution in [0.25, 0.3) is 0 Å². The van der Waals surface area contributed by atoms with Gasteiger partial charge in [-0.2, -0.15) is 9.57 Å². The van der Waals surface area contributed by atoms with Gasteiger partial charge in [-0.15, -0.1) is 0 Å². The lowest BCUT2D eigenvalue weighted by atomic mass is 9.96. The van der Waals surface area contributed by atoms with E-state index in [1.165, 1.54) is 16.4 Å². The second kappa shape index (κ2) is 8.82. The van der Waals surface area contributed by atoms with Gasteiger partial charge in [-0.25, -0.2) is 8.42 Å². The Morgan fingerprint density at radius 1 is 1.17 bits per heavy atom. The van der Waals surface area contributed by atoms with Gasteiger partial charge in [0.15, 0.2) is 6.04 Å². The van der Waals surface area contributed by atoms with Crippen molar-refractivity contribution in [3.05, 3.63) is 29.8 Å². The van der Waals surface area contributed by atoms with Crippen LogP contribution in [0, 0.1) is 11.3 Å². The van der Waals surface area contributed by atoms with E-state index < -0.39 is 10.0 Å². The number of sulfonamides is 1. The monoisotopic (exact) mass is 419 g/mol. The van der Waals surface area contributed by atoms with Gasteiger partial charge in [-0.3, -0.25) is 4.79 Å². The third kappa shape index (κ3) is 4.32. The van der Waals surface area contributed by atoms with E-state index in [2.05, 4.69) is 13.8 Å². The third-order valence-electron chi connectivity index (χ3n) is 6.42. The first kappa shape index (κ1) is 21.8. The fourth-order valence-corrected chi connectivity index (χ4v) is 6.21. The van der Waals surface area contributed by atoms with Crippen molar-refractivity contribution in [2.75, 3.05) is 26.2 Å². The lowest BCUT2D eigenvalue weighted by Crippen LogP contribution is -3.19. The Morgan fingerprint density at radius 3 is 2.34 bits per heavy atom. The fraction of sp³-hybridized carbons (Fsp3) is 0.619. The maximum absolute atomic E-state index is 13.1. The number of nitrogens with one attached hydrogen (secondary N) is 1. The Morgan fingerprint density at radius 2 is 1.76 bits per heavy atom. The summed E-state index contributed by atoms with van der Waals surface area (Å²) in [6.07, 6.45) is 3.25. The van der Waals surface area contributed by atoms with Gasteiger partial charge in [-0.05, 0) is 52.2 Å². The predicted molar refractivity (Wildman–Crippen MR) is 110 cm³/mol. The first-order valence-electron chi connectivity index (χ1n) is 10.4. The number of hydrogen-bond acceptors (Lipinski definition) is 4. The second-order valence-corrected chi connectivity index (χ2v) is 10.2. The minimum Gasteiger partial charge on any atom is -0.332 e. The molecule has 1 aromatic carbocycles. The maximum Gasteiger partial charge on any atom is 0.281 e. The lowest BCUT2D eigenvalue weighted by molar-refractivity contribution is -0.918. The molecule has 8 heteroatoms. The number of rotatable bonds is 4. The highest BCUT2D eigenvalue weighted by Crippen LogP contribution is 2.23. The largest absolute Gasteiger partial charge is 0.332 e. The molecule has 0 bridgehead atoms. The van der Waals surface area contributed by atoms with Crippen molar-refractivity contribution in [2.24, 2.45) is 0 Å². The van der Waals surface area contributed by atoms with Crippen molar-refractivity contribution < 1.29 is 18.1 Å². The number of carbonyl (C=O) groups excluding carboxylic acids is 1. The highest BCUT2D eigenvalue weighted by Gasteiger charge is 2.39. The molecule has 3 atom stereocenters. The second-order valence-electron chi connectivity index (χ2n) is 8.27. The van der Waals surface area contributed by atoms with Crippen LogP contribution in [0.1, 0.15) is 45.6 Å². The van der Waals surface area contributed by atoms with Gasteiger partial charge in [0, 0.05) is 12.1 Å². The van der Waals surface area contributed by atoms with Gasteiger partial charge >= 0.3 is 0 Å². The summed E-state index contributed by atoms with van der Waals surface area (Å²) in [6, 6.07) is 8.61. The molecule has 1 amide bonds. The number of piperazine rings is 1. The van der Waals surface area contributed by atoms with Gasteiger partial charge in [0.25, 0.3) is 5.91 Å². The van der Waals surface area contributed by atoms with E-state index in [0.717, 1.165) is 24.2 Å². The summed E-state index contributed by atoms with van der Waals surface area (Å²) in [6.45, 7) is 8.05. The number of nitrogens with zero attached hydrogens (tertiary/aromatic N) is 3. The molecule has 2 aliphatic heterocycles. The number of quaternary nitrogens is 1. The van der Waals surface area contributed by atoms with Crippen LogP contribution in [0.3, 0.4) is 0 Å². The normalized spacial score (nSPS) is 25.4. The molecule has 158 valence electrons. The molecule has 0 radical (unpaired) electrons. The van der Waals surface area contributed by atoms with Crippen molar-refractivity contribution in [1.82, 2.24) is 9.21 Å². The van der Waals surface area contributed by atoms with E-state index in [0.29, 0.717) is 26.2 Å². The molecule has 0 unspecified atom stereocenters. The van der Waals surface area contributed by atoms with Crippen LogP contribution in [0.2, 0.25) is 0 Å². The highest BCUT2D eigenvalue weighted by molar-refractivity contribution is 7.89. The summed E-state index contributed by atoms with van der Waals surface area (Å²) in [5.41, 5.74) is 0.166. The molecule has 0 spiro atoms. The van der Waals surface area contributed by atoms with E-state index >= 15 is 0 Å². The average molecular weight is 420 g/mol. The number of likely N-dealkylation sites (tertiary alicyclic amines) is 1. The Labute approximate surface area is 173 Å². The molecule has 0 aliphatic carbocycles. The molecule has 0 saturated carbocycles. The van der Waals surface area contributed by atoms with Crippen molar-refractivity contribution in [1.29, 1.82) is 5.26 Å².